The maximum Gasteiger partial charge on any atom is 0.254 e. The van der Waals surface area contributed by atoms with Crippen molar-refractivity contribution in [2.24, 2.45) is 0 Å². The van der Waals surface area contributed by atoms with Crippen LogP contribution in [0, 0.1) is 0 Å². The number of amides is 2. The second-order valence-corrected chi connectivity index (χ2v) is 6.50. The Bertz CT molecular complexity index is 851. The van der Waals surface area contributed by atoms with E-state index in [1.54, 1.807) is 44.4 Å². The van der Waals surface area contributed by atoms with Crippen molar-refractivity contribution in [3.63, 3.8) is 0 Å². The fraction of sp³-hybridized carbons (Fsp3) is 0.263. The molecule has 0 saturated heterocycles. The van der Waals surface area contributed by atoms with Gasteiger partial charge in [0, 0.05) is 19.8 Å². The first kappa shape index (κ1) is 18.1. The van der Waals surface area contributed by atoms with Gasteiger partial charge in [0.25, 0.3) is 5.91 Å². The fourth-order valence-electron chi connectivity index (χ4n) is 2.60. The van der Waals surface area contributed by atoms with E-state index in [2.05, 4.69) is 5.32 Å². The number of hydrogen-bond acceptors (Lipinski definition) is 4. The van der Waals surface area contributed by atoms with E-state index >= 15 is 0 Å². The van der Waals surface area contributed by atoms with Crippen molar-refractivity contribution in [3.05, 3.63) is 52.5 Å². The third kappa shape index (κ3) is 4.08. The normalized spacial score (nSPS) is 12.4. The van der Waals surface area contributed by atoms with E-state index in [0.717, 1.165) is 5.56 Å². The number of nitrogens with zero attached hydrogens (tertiary/aromatic N) is 1. The number of rotatable bonds is 4. The summed E-state index contributed by atoms with van der Waals surface area (Å²) < 4.78 is 11.0. The van der Waals surface area contributed by atoms with E-state index in [0.29, 0.717) is 41.0 Å². The summed E-state index contributed by atoms with van der Waals surface area (Å²) in [6.45, 7) is 1.03. The van der Waals surface area contributed by atoms with Crippen molar-refractivity contribution >= 4 is 29.1 Å². The van der Waals surface area contributed by atoms with Crippen molar-refractivity contribution in [3.8, 4) is 11.5 Å². The van der Waals surface area contributed by atoms with Crippen LogP contribution in [0.3, 0.4) is 0 Å². The third-order valence-electron chi connectivity index (χ3n) is 3.86. The number of halogens is 1. The van der Waals surface area contributed by atoms with E-state index < -0.39 is 0 Å². The van der Waals surface area contributed by atoms with E-state index in [4.69, 9.17) is 21.1 Å². The molecule has 1 heterocycles. The lowest BCUT2D eigenvalue weighted by Gasteiger charge is -2.18. The van der Waals surface area contributed by atoms with Gasteiger partial charge in [-0.25, -0.2) is 0 Å². The molecule has 26 heavy (non-hydrogen) atoms. The van der Waals surface area contributed by atoms with Gasteiger partial charge < -0.3 is 19.7 Å². The smallest absolute Gasteiger partial charge is 0.254 e. The first-order chi connectivity index (χ1) is 12.4. The summed E-state index contributed by atoms with van der Waals surface area (Å²) in [6.07, 6.45) is 0.187. The van der Waals surface area contributed by atoms with E-state index in [1.807, 2.05) is 6.07 Å². The van der Waals surface area contributed by atoms with E-state index in [-0.39, 0.29) is 18.2 Å². The molecule has 136 valence electrons. The largest absolute Gasteiger partial charge is 0.486 e. The third-order valence-corrected chi connectivity index (χ3v) is 4.17. The highest BCUT2D eigenvalue weighted by molar-refractivity contribution is 6.34. The van der Waals surface area contributed by atoms with Crippen LogP contribution in [0.4, 0.5) is 5.69 Å². The van der Waals surface area contributed by atoms with Crippen LogP contribution in [-0.4, -0.2) is 44.0 Å². The van der Waals surface area contributed by atoms with Crippen LogP contribution in [0.1, 0.15) is 15.9 Å². The molecule has 0 unspecified atom stereocenters. The first-order valence-electron chi connectivity index (χ1n) is 8.13. The van der Waals surface area contributed by atoms with Gasteiger partial charge in [-0.1, -0.05) is 17.7 Å². The Morgan fingerprint density at radius 3 is 2.50 bits per heavy atom. The summed E-state index contributed by atoms with van der Waals surface area (Å²) >= 11 is 6.16. The summed E-state index contributed by atoms with van der Waals surface area (Å²) in [6, 6.07) is 10.3. The topological polar surface area (TPSA) is 67.9 Å². The minimum Gasteiger partial charge on any atom is -0.486 e. The number of anilines is 1. The Kier molecular flexibility index (Phi) is 5.32. The Hall–Kier alpha value is -2.73. The molecule has 1 N–H and O–H groups in total. The van der Waals surface area contributed by atoms with Gasteiger partial charge in [-0.05, 0) is 35.9 Å². The highest BCUT2D eigenvalue weighted by atomic mass is 35.5. The number of carbonyl (C=O) groups is 2. The van der Waals surface area contributed by atoms with Crippen LogP contribution in [-0.2, 0) is 11.2 Å². The molecule has 0 radical (unpaired) electrons. The molecule has 7 heteroatoms. The zero-order valence-electron chi connectivity index (χ0n) is 14.5. The van der Waals surface area contributed by atoms with Crippen molar-refractivity contribution in [1.82, 2.24) is 4.90 Å². The zero-order chi connectivity index (χ0) is 18.7. The summed E-state index contributed by atoms with van der Waals surface area (Å²) in [5.74, 6) is 0.957. The van der Waals surface area contributed by atoms with Crippen LogP contribution in [0.5, 0.6) is 11.5 Å². The predicted octanol–water partition coefficient (Wildman–Crippen LogP) is 2.99. The highest BCUT2D eigenvalue weighted by Gasteiger charge is 2.15. The monoisotopic (exact) mass is 374 g/mol. The standard InChI is InChI=1S/C19H19ClN2O4/c1-22(2)19(24)14-5-4-13(11-15(14)20)21-18(23)10-12-3-6-16-17(9-12)26-8-7-25-16/h3-6,9,11H,7-8,10H2,1-2H3,(H,21,23). The number of carbonyl (C=O) groups excluding carboxylic acids is 2. The van der Waals surface area contributed by atoms with Gasteiger partial charge in [-0.3, -0.25) is 9.59 Å². The molecule has 0 fully saturated rings. The summed E-state index contributed by atoms with van der Waals surface area (Å²) in [7, 11) is 3.31. The number of hydrogen-bond donors (Lipinski definition) is 1. The number of fused-ring (bicyclic) bond motifs is 1. The predicted molar refractivity (Wildman–Crippen MR) is 99.2 cm³/mol. The Labute approximate surface area is 156 Å². The maximum atomic E-state index is 12.3. The molecule has 1 aliphatic heterocycles. The maximum absolute atomic E-state index is 12.3. The van der Waals surface area contributed by atoms with Crippen LogP contribution in [0.2, 0.25) is 5.02 Å². The molecule has 0 spiro atoms. The van der Waals surface area contributed by atoms with Crippen LogP contribution in [0.15, 0.2) is 36.4 Å². The van der Waals surface area contributed by atoms with Crippen molar-refractivity contribution < 1.29 is 19.1 Å². The summed E-state index contributed by atoms with van der Waals surface area (Å²) in [4.78, 5) is 25.7. The lowest BCUT2D eigenvalue weighted by atomic mass is 10.1. The lowest BCUT2D eigenvalue weighted by Crippen LogP contribution is -2.22. The lowest BCUT2D eigenvalue weighted by molar-refractivity contribution is -0.115. The summed E-state index contributed by atoms with van der Waals surface area (Å²) in [5.41, 5.74) is 1.74. The molecule has 1 aliphatic rings. The first-order valence-corrected chi connectivity index (χ1v) is 8.51. The molecule has 0 aliphatic carbocycles. The number of benzene rings is 2. The molecule has 3 rings (SSSR count). The molecular formula is C19H19ClN2O4. The molecule has 2 aromatic rings. The van der Waals surface area contributed by atoms with Crippen molar-refractivity contribution in [2.45, 2.75) is 6.42 Å². The van der Waals surface area contributed by atoms with Gasteiger partial charge in [0.05, 0.1) is 17.0 Å². The zero-order valence-corrected chi connectivity index (χ0v) is 15.3. The molecule has 0 saturated carbocycles. The van der Waals surface area contributed by atoms with Crippen LogP contribution in [0.25, 0.3) is 0 Å². The molecule has 2 aromatic carbocycles. The average molecular weight is 375 g/mol. The van der Waals surface area contributed by atoms with E-state index in [1.165, 1.54) is 4.90 Å². The van der Waals surface area contributed by atoms with Gasteiger partial charge in [-0.2, -0.15) is 0 Å². The Balaban J connectivity index is 1.66. The molecular weight excluding hydrogens is 356 g/mol. The minimum absolute atomic E-state index is 0.187. The van der Waals surface area contributed by atoms with Crippen LogP contribution < -0.4 is 14.8 Å². The average Bonchev–Trinajstić information content (AvgIpc) is 2.61. The van der Waals surface area contributed by atoms with Gasteiger partial charge in [0.2, 0.25) is 5.91 Å². The van der Waals surface area contributed by atoms with Gasteiger partial charge in [0.15, 0.2) is 11.5 Å². The fourth-order valence-corrected chi connectivity index (χ4v) is 2.86. The minimum atomic E-state index is -0.191. The summed E-state index contributed by atoms with van der Waals surface area (Å²) in [5, 5.41) is 3.08. The van der Waals surface area contributed by atoms with Crippen molar-refractivity contribution in [1.29, 1.82) is 0 Å². The quantitative estimate of drug-likeness (QED) is 0.893. The molecule has 0 bridgehead atoms. The molecule has 2 amide bonds. The SMILES string of the molecule is CN(C)C(=O)c1ccc(NC(=O)Cc2ccc3c(c2)OCCO3)cc1Cl. The molecule has 0 aromatic heterocycles. The molecule has 6 nitrogen and oxygen atoms in total. The van der Waals surface area contributed by atoms with E-state index in [9.17, 15) is 9.59 Å². The Morgan fingerprint density at radius 2 is 1.81 bits per heavy atom. The van der Waals surface area contributed by atoms with Gasteiger partial charge in [0.1, 0.15) is 13.2 Å². The van der Waals surface area contributed by atoms with Crippen molar-refractivity contribution in [2.75, 3.05) is 32.6 Å². The molecule has 0 atom stereocenters. The highest BCUT2D eigenvalue weighted by Crippen LogP contribution is 2.31. The van der Waals surface area contributed by atoms with Gasteiger partial charge >= 0.3 is 0 Å². The number of ether oxygens (including phenoxy) is 2. The second kappa shape index (κ2) is 7.66. The Morgan fingerprint density at radius 1 is 1.08 bits per heavy atom. The second-order valence-electron chi connectivity index (χ2n) is 6.10. The number of nitrogens with one attached hydrogen (secondary N) is 1. The van der Waals surface area contributed by atoms with Crippen LogP contribution >= 0.6 is 11.6 Å². The van der Waals surface area contributed by atoms with Gasteiger partial charge in [-0.15, -0.1) is 0 Å².